The third-order valence-electron chi connectivity index (χ3n) is 5.09. The molecule has 0 aromatic carbocycles. The molecule has 1 aliphatic heterocycles. The number of hydrogen-bond donors (Lipinski definition) is 1. The van der Waals surface area contributed by atoms with Gasteiger partial charge in [-0.25, -0.2) is 0 Å². The first-order valence-electron chi connectivity index (χ1n) is 8.96. The zero-order chi connectivity index (χ0) is 15.8. The summed E-state index contributed by atoms with van der Waals surface area (Å²) in [4.78, 5) is 17.0. The SMILES string of the molecule is CSCC[C@@H](N)C(=O)N1CCCN(CC2CCCCC2)CC1. The molecule has 1 saturated heterocycles. The molecule has 0 aromatic heterocycles. The van der Waals surface area contributed by atoms with Gasteiger partial charge in [-0.2, -0.15) is 11.8 Å². The average molecular weight is 328 g/mol. The number of carbonyl (C=O) groups is 1. The summed E-state index contributed by atoms with van der Waals surface area (Å²) in [5, 5.41) is 0. The average Bonchev–Trinajstić information content (AvgIpc) is 2.78. The number of hydrogen-bond acceptors (Lipinski definition) is 4. The van der Waals surface area contributed by atoms with Crippen molar-refractivity contribution in [1.82, 2.24) is 9.80 Å². The molecule has 5 heteroatoms. The van der Waals surface area contributed by atoms with Crippen LogP contribution >= 0.6 is 11.8 Å². The molecule has 2 fully saturated rings. The first kappa shape index (κ1) is 18.1. The molecule has 1 saturated carbocycles. The molecule has 1 amide bonds. The summed E-state index contributed by atoms with van der Waals surface area (Å²) in [5.74, 6) is 2.02. The van der Waals surface area contributed by atoms with Crippen molar-refractivity contribution < 1.29 is 4.79 Å². The van der Waals surface area contributed by atoms with Crippen molar-refractivity contribution in [2.75, 3.05) is 44.7 Å². The standard InChI is InChI=1S/C17H33N3OS/c1-22-13-8-16(18)17(21)20-10-5-9-19(11-12-20)14-15-6-3-2-4-7-15/h15-16H,2-14,18H2,1H3/t16-/m1/s1. The van der Waals surface area contributed by atoms with Gasteiger partial charge in [0.25, 0.3) is 0 Å². The predicted octanol–water partition coefficient (Wildman–Crippen LogP) is 2.18. The largest absolute Gasteiger partial charge is 0.340 e. The van der Waals surface area contributed by atoms with E-state index in [9.17, 15) is 4.79 Å². The van der Waals surface area contributed by atoms with Crippen molar-refractivity contribution >= 4 is 17.7 Å². The number of rotatable bonds is 6. The normalized spacial score (nSPS) is 23.3. The molecule has 1 heterocycles. The fraction of sp³-hybridized carbons (Fsp3) is 0.941. The summed E-state index contributed by atoms with van der Waals surface area (Å²) in [7, 11) is 0. The lowest BCUT2D eigenvalue weighted by Crippen LogP contribution is -2.45. The van der Waals surface area contributed by atoms with E-state index in [1.165, 1.54) is 38.6 Å². The van der Waals surface area contributed by atoms with Gasteiger partial charge in [-0.1, -0.05) is 19.3 Å². The van der Waals surface area contributed by atoms with Gasteiger partial charge in [0, 0.05) is 26.2 Å². The summed E-state index contributed by atoms with van der Waals surface area (Å²) in [5.41, 5.74) is 6.05. The van der Waals surface area contributed by atoms with Crippen LogP contribution < -0.4 is 5.73 Å². The van der Waals surface area contributed by atoms with Crippen molar-refractivity contribution in [3.63, 3.8) is 0 Å². The number of nitrogens with two attached hydrogens (primary N) is 1. The summed E-state index contributed by atoms with van der Waals surface area (Å²) in [6, 6.07) is -0.308. The molecule has 22 heavy (non-hydrogen) atoms. The Morgan fingerprint density at radius 1 is 1.14 bits per heavy atom. The van der Waals surface area contributed by atoms with E-state index in [1.807, 2.05) is 4.90 Å². The topological polar surface area (TPSA) is 49.6 Å². The van der Waals surface area contributed by atoms with Crippen molar-refractivity contribution in [3.8, 4) is 0 Å². The third kappa shape index (κ3) is 5.74. The lowest BCUT2D eigenvalue weighted by Gasteiger charge is -2.29. The molecular formula is C17H33N3OS. The molecule has 1 aliphatic carbocycles. The highest BCUT2D eigenvalue weighted by Crippen LogP contribution is 2.24. The Morgan fingerprint density at radius 2 is 1.91 bits per heavy atom. The van der Waals surface area contributed by atoms with E-state index in [4.69, 9.17) is 5.73 Å². The second-order valence-corrected chi connectivity index (χ2v) is 7.86. The van der Waals surface area contributed by atoms with E-state index in [-0.39, 0.29) is 11.9 Å². The van der Waals surface area contributed by atoms with Crippen molar-refractivity contribution in [2.24, 2.45) is 11.7 Å². The molecule has 128 valence electrons. The van der Waals surface area contributed by atoms with Crippen LogP contribution in [-0.4, -0.2) is 66.5 Å². The van der Waals surface area contributed by atoms with Gasteiger partial charge in [0.2, 0.25) is 5.91 Å². The third-order valence-corrected chi connectivity index (χ3v) is 5.74. The molecule has 2 aliphatic rings. The maximum absolute atomic E-state index is 12.4. The zero-order valence-electron chi connectivity index (χ0n) is 14.1. The Labute approximate surface area is 140 Å². The summed E-state index contributed by atoms with van der Waals surface area (Å²) in [6.45, 7) is 5.14. The molecule has 0 bridgehead atoms. The monoisotopic (exact) mass is 327 g/mol. The van der Waals surface area contributed by atoms with E-state index < -0.39 is 0 Å². The van der Waals surface area contributed by atoms with Crippen LogP contribution in [0.15, 0.2) is 0 Å². The molecular weight excluding hydrogens is 294 g/mol. The van der Waals surface area contributed by atoms with Crippen LogP contribution in [0, 0.1) is 5.92 Å². The number of thioether (sulfide) groups is 1. The Kier molecular flexibility index (Phi) is 8.04. The van der Waals surface area contributed by atoms with Gasteiger partial charge in [-0.3, -0.25) is 4.79 Å². The highest BCUT2D eigenvalue weighted by Gasteiger charge is 2.24. The lowest BCUT2D eigenvalue weighted by molar-refractivity contribution is -0.132. The lowest BCUT2D eigenvalue weighted by atomic mass is 9.89. The first-order chi connectivity index (χ1) is 10.7. The molecule has 0 radical (unpaired) electrons. The molecule has 1 atom stereocenters. The van der Waals surface area contributed by atoms with Crippen molar-refractivity contribution in [2.45, 2.75) is 51.0 Å². The molecule has 0 spiro atoms. The van der Waals surface area contributed by atoms with Crippen LogP contribution in [0.4, 0.5) is 0 Å². The van der Waals surface area contributed by atoms with Gasteiger partial charge in [0.15, 0.2) is 0 Å². The minimum absolute atomic E-state index is 0.161. The quantitative estimate of drug-likeness (QED) is 0.812. The predicted molar refractivity (Wildman–Crippen MR) is 95.2 cm³/mol. The molecule has 2 N–H and O–H groups in total. The first-order valence-corrected chi connectivity index (χ1v) is 10.4. The van der Waals surface area contributed by atoms with E-state index >= 15 is 0 Å². The van der Waals surface area contributed by atoms with Gasteiger partial charge < -0.3 is 15.5 Å². The Hall–Kier alpha value is -0.260. The molecule has 2 rings (SSSR count). The minimum Gasteiger partial charge on any atom is -0.340 e. The highest BCUT2D eigenvalue weighted by molar-refractivity contribution is 7.98. The highest BCUT2D eigenvalue weighted by atomic mass is 32.2. The second kappa shape index (κ2) is 9.78. The molecule has 0 aromatic rings. The van der Waals surface area contributed by atoms with E-state index in [2.05, 4.69) is 11.2 Å². The van der Waals surface area contributed by atoms with Crippen LogP contribution in [0.2, 0.25) is 0 Å². The van der Waals surface area contributed by atoms with Crippen molar-refractivity contribution in [3.05, 3.63) is 0 Å². The zero-order valence-corrected chi connectivity index (χ0v) is 15.0. The number of carbonyl (C=O) groups excluding carboxylic acids is 1. The van der Waals surface area contributed by atoms with Crippen LogP contribution in [0.1, 0.15) is 44.9 Å². The Bertz CT molecular complexity index is 334. The minimum atomic E-state index is -0.308. The van der Waals surface area contributed by atoms with E-state index in [0.717, 1.165) is 50.7 Å². The van der Waals surface area contributed by atoms with Gasteiger partial charge in [0.05, 0.1) is 6.04 Å². The summed E-state index contributed by atoms with van der Waals surface area (Å²) >= 11 is 1.76. The Morgan fingerprint density at radius 3 is 2.64 bits per heavy atom. The fourth-order valence-corrected chi connectivity index (χ4v) is 4.20. The summed E-state index contributed by atoms with van der Waals surface area (Å²) < 4.78 is 0. The smallest absolute Gasteiger partial charge is 0.239 e. The van der Waals surface area contributed by atoms with Crippen LogP contribution in [-0.2, 0) is 4.79 Å². The van der Waals surface area contributed by atoms with Gasteiger partial charge in [-0.15, -0.1) is 0 Å². The van der Waals surface area contributed by atoms with Gasteiger partial charge >= 0.3 is 0 Å². The maximum Gasteiger partial charge on any atom is 0.239 e. The molecule has 0 unspecified atom stereocenters. The maximum atomic E-state index is 12.4. The summed E-state index contributed by atoms with van der Waals surface area (Å²) in [6.07, 6.45) is 11.0. The number of nitrogens with zero attached hydrogens (tertiary/aromatic N) is 2. The number of amides is 1. The van der Waals surface area contributed by atoms with Crippen LogP contribution in [0.25, 0.3) is 0 Å². The van der Waals surface area contributed by atoms with E-state index in [0.29, 0.717) is 0 Å². The molecule has 4 nitrogen and oxygen atoms in total. The fourth-order valence-electron chi connectivity index (χ4n) is 3.71. The van der Waals surface area contributed by atoms with Gasteiger partial charge in [-0.05, 0) is 50.2 Å². The van der Waals surface area contributed by atoms with Gasteiger partial charge in [0.1, 0.15) is 0 Å². The second-order valence-electron chi connectivity index (χ2n) is 6.87. The van der Waals surface area contributed by atoms with Crippen LogP contribution in [0.5, 0.6) is 0 Å². The Balaban J connectivity index is 1.75. The van der Waals surface area contributed by atoms with E-state index in [1.54, 1.807) is 11.8 Å². The van der Waals surface area contributed by atoms with Crippen molar-refractivity contribution in [1.29, 1.82) is 0 Å². The van der Waals surface area contributed by atoms with Crippen LogP contribution in [0.3, 0.4) is 0 Å².